The lowest BCUT2D eigenvalue weighted by molar-refractivity contribution is -0.113. The van der Waals surface area contributed by atoms with Gasteiger partial charge in [0.05, 0.1) is 27.2 Å². The number of aromatic amines is 1. The highest BCUT2D eigenvalue weighted by Gasteiger charge is 2.11. The summed E-state index contributed by atoms with van der Waals surface area (Å²) in [7, 11) is 0. The highest BCUT2D eigenvalue weighted by Crippen LogP contribution is 2.30. The molecule has 2 aromatic rings. The summed E-state index contributed by atoms with van der Waals surface area (Å²) in [5, 5.41) is 3.82. The molecular formula is C16H17Cl2N3O2S2. The van der Waals surface area contributed by atoms with Crippen molar-refractivity contribution in [1.82, 2.24) is 9.97 Å². The van der Waals surface area contributed by atoms with Crippen molar-refractivity contribution >= 4 is 58.3 Å². The number of halogens is 2. The van der Waals surface area contributed by atoms with Crippen molar-refractivity contribution < 1.29 is 4.79 Å². The Morgan fingerprint density at radius 3 is 2.72 bits per heavy atom. The van der Waals surface area contributed by atoms with E-state index in [2.05, 4.69) is 22.2 Å². The van der Waals surface area contributed by atoms with E-state index in [1.54, 1.807) is 30.0 Å². The monoisotopic (exact) mass is 417 g/mol. The van der Waals surface area contributed by atoms with Gasteiger partial charge >= 0.3 is 0 Å². The van der Waals surface area contributed by atoms with E-state index < -0.39 is 0 Å². The average molecular weight is 418 g/mol. The van der Waals surface area contributed by atoms with Gasteiger partial charge in [0.15, 0.2) is 5.16 Å². The van der Waals surface area contributed by atoms with Crippen LogP contribution in [0.4, 0.5) is 5.69 Å². The lowest BCUT2D eigenvalue weighted by atomic mass is 10.3. The van der Waals surface area contributed by atoms with Crippen LogP contribution in [0.25, 0.3) is 0 Å². The summed E-state index contributed by atoms with van der Waals surface area (Å²) >= 11 is 14.9. The third-order valence-electron chi connectivity index (χ3n) is 2.94. The van der Waals surface area contributed by atoms with Gasteiger partial charge in [0.1, 0.15) is 0 Å². The maximum Gasteiger partial charge on any atom is 0.251 e. The van der Waals surface area contributed by atoms with Crippen LogP contribution < -0.4 is 10.9 Å². The molecule has 0 saturated heterocycles. The summed E-state index contributed by atoms with van der Waals surface area (Å²) < 4.78 is 0. The first kappa shape index (κ1) is 20.2. The number of aromatic nitrogens is 2. The van der Waals surface area contributed by atoms with Crippen molar-refractivity contribution in [2.75, 3.05) is 16.8 Å². The van der Waals surface area contributed by atoms with Crippen LogP contribution in [-0.4, -0.2) is 27.4 Å². The fourth-order valence-corrected chi connectivity index (χ4v) is 3.85. The molecule has 0 saturated carbocycles. The number of carbonyl (C=O) groups is 1. The molecule has 0 fully saturated rings. The van der Waals surface area contributed by atoms with E-state index >= 15 is 0 Å². The number of hydrogen-bond acceptors (Lipinski definition) is 5. The van der Waals surface area contributed by atoms with Crippen molar-refractivity contribution in [3.63, 3.8) is 0 Å². The zero-order valence-corrected chi connectivity index (χ0v) is 16.6. The van der Waals surface area contributed by atoms with Crippen molar-refractivity contribution in [2.45, 2.75) is 24.3 Å². The largest absolute Gasteiger partial charge is 0.323 e. The Hall–Kier alpha value is -1.15. The van der Waals surface area contributed by atoms with Crippen LogP contribution in [-0.2, 0) is 10.5 Å². The minimum Gasteiger partial charge on any atom is -0.323 e. The van der Waals surface area contributed by atoms with Gasteiger partial charge in [0.25, 0.3) is 5.56 Å². The van der Waals surface area contributed by atoms with Gasteiger partial charge in [-0.3, -0.25) is 9.59 Å². The maximum atomic E-state index is 12.1. The van der Waals surface area contributed by atoms with Gasteiger partial charge in [0, 0.05) is 11.8 Å². The number of nitrogens with one attached hydrogen (secondary N) is 2. The summed E-state index contributed by atoms with van der Waals surface area (Å²) in [4.78, 5) is 30.8. The molecule has 0 unspecified atom stereocenters. The number of benzene rings is 1. The summed E-state index contributed by atoms with van der Waals surface area (Å²) in [6, 6.07) is 6.47. The van der Waals surface area contributed by atoms with E-state index in [1.165, 1.54) is 6.07 Å². The second kappa shape index (κ2) is 10.1. The standard InChI is InChI=1S/C16H17Cl2N3O2S2/c1-2-6-24-8-10-7-13(22)21-16(19-10)25-9-14(23)20-15-11(17)4-3-5-12(15)18/h3-5,7H,2,6,8-9H2,1H3,(H,20,23)(H,19,21,22). The number of thioether (sulfide) groups is 2. The Labute approximate surface area is 164 Å². The molecule has 0 atom stereocenters. The molecule has 0 aliphatic carbocycles. The van der Waals surface area contributed by atoms with Crippen LogP contribution in [0, 0.1) is 0 Å². The fourth-order valence-electron chi connectivity index (χ4n) is 1.87. The molecule has 0 bridgehead atoms. The van der Waals surface area contributed by atoms with Crippen LogP contribution in [0.5, 0.6) is 0 Å². The van der Waals surface area contributed by atoms with E-state index in [1.807, 2.05) is 0 Å². The molecule has 1 aromatic carbocycles. The summed E-state index contributed by atoms with van der Waals surface area (Å²) in [5.41, 5.74) is 0.862. The molecule has 25 heavy (non-hydrogen) atoms. The molecule has 5 nitrogen and oxygen atoms in total. The summed E-state index contributed by atoms with van der Waals surface area (Å²) in [5.74, 6) is 1.48. The second-order valence-corrected chi connectivity index (χ2v) is 7.91. The quantitative estimate of drug-likeness (QED) is 0.376. The van der Waals surface area contributed by atoms with Crippen LogP contribution in [0.3, 0.4) is 0 Å². The topological polar surface area (TPSA) is 74.8 Å². The number of H-pyrrole nitrogens is 1. The van der Waals surface area contributed by atoms with Crippen LogP contribution >= 0.6 is 46.7 Å². The molecule has 134 valence electrons. The zero-order chi connectivity index (χ0) is 18.2. The maximum absolute atomic E-state index is 12.1. The van der Waals surface area contributed by atoms with Gasteiger partial charge < -0.3 is 10.3 Å². The van der Waals surface area contributed by atoms with Gasteiger partial charge in [-0.15, -0.1) is 0 Å². The Balaban J connectivity index is 1.96. The molecular weight excluding hydrogens is 401 g/mol. The Kier molecular flexibility index (Phi) is 8.15. The van der Waals surface area contributed by atoms with Gasteiger partial charge in [-0.05, 0) is 24.3 Å². The predicted molar refractivity (Wildman–Crippen MR) is 107 cm³/mol. The number of amides is 1. The second-order valence-electron chi connectivity index (χ2n) is 5.03. The van der Waals surface area contributed by atoms with Crippen molar-refractivity contribution in [2.24, 2.45) is 0 Å². The molecule has 1 aromatic heterocycles. The molecule has 2 rings (SSSR count). The Bertz CT molecular complexity index is 779. The first-order valence-corrected chi connectivity index (χ1v) is 10.4. The lowest BCUT2D eigenvalue weighted by Crippen LogP contribution is -2.16. The fraction of sp³-hybridized carbons (Fsp3) is 0.312. The van der Waals surface area contributed by atoms with E-state index in [0.717, 1.165) is 23.9 Å². The van der Waals surface area contributed by atoms with Crippen molar-refractivity contribution in [3.05, 3.63) is 50.4 Å². The minimum absolute atomic E-state index is 0.0794. The molecule has 1 amide bonds. The smallest absolute Gasteiger partial charge is 0.251 e. The van der Waals surface area contributed by atoms with E-state index in [-0.39, 0.29) is 17.2 Å². The van der Waals surface area contributed by atoms with Crippen molar-refractivity contribution in [1.29, 1.82) is 0 Å². The highest BCUT2D eigenvalue weighted by molar-refractivity contribution is 7.99. The number of hydrogen-bond donors (Lipinski definition) is 2. The lowest BCUT2D eigenvalue weighted by Gasteiger charge is -2.09. The van der Waals surface area contributed by atoms with E-state index in [0.29, 0.717) is 32.3 Å². The van der Waals surface area contributed by atoms with Crippen molar-refractivity contribution in [3.8, 4) is 0 Å². The SMILES string of the molecule is CCCSCc1cc(=O)[nH]c(SCC(=O)Nc2c(Cl)cccc2Cl)n1. The Morgan fingerprint density at radius 1 is 1.32 bits per heavy atom. The van der Waals surface area contributed by atoms with Crippen LogP contribution in [0.2, 0.25) is 10.0 Å². The molecule has 0 aliphatic rings. The average Bonchev–Trinajstić information content (AvgIpc) is 2.56. The highest BCUT2D eigenvalue weighted by atomic mass is 35.5. The molecule has 0 radical (unpaired) electrons. The Morgan fingerprint density at radius 2 is 2.04 bits per heavy atom. The van der Waals surface area contributed by atoms with E-state index in [4.69, 9.17) is 23.2 Å². The molecule has 1 heterocycles. The normalized spacial score (nSPS) is 10.7. The predicted octanol–water partition coefficient (Wildman–Crippen LogP) is 4.45. The number of para-hydroxylation sites is 1. The number of rotatable bonds is 8. The third kappa shape index (κ3) is 6.58. The first-order chi connectivity index (χ1) is 12.0. The van der Waals surface area contributed by atoms with Gasteiger partial charge in [-0.2, -0.15) is 11.8 Å². The number of nitrogens with zero attached hydrogens (tertiary/aromatic N) is 1. The van der Waals surface area contributed by atoms with Gasteiger partial charge in [-0.1, -0.05) is 48.0 Å². The van der Waals surface area contributed by atoms with Crippen LogP contribution in [0.15, 0.2) is 34.2 Å². The van der Waals surface area contributed by atoms with Crippen LogP contribution in [0.1, 0.15) is 19.0 Å². The van der Waals surface area contributed by atoms with Gasteiger partial charge in [0.2, 0.25) is 5.91 Å². The molecule has 9 heteroatoms. The number of anilines is 1. The van der Waals surface area contributed by atoms with Gasteiger partial charge in [-0.25, -0.2) is 4.98 Å². The number of carbonyl (C=O) groups excluding carboxylic acids is 1. The van der Waals surface area contributed by atoms with E-state index in [9.17, 15) is 9.59 Å². The minimum atomic E-state index is -0.284. The third-order valence-corrected chi connectivity index (χ3v) is 5.64. The molecule has 0 aliphatic heterocycles. The molecule has 0 spiro atoms. The molecule has 2 N–H and O–H groups in total. The summed E-state index contributed by atoms with van der Waals surface area (Å²) in [6.07, 6.45) is 1.07. The zero-order valence-electron chi connectivity index (χ0n) is 13.5. The first-order valence-electron chi connectivity index (χ1n) is 7.54. The summed E-state index contributed by atoms with van der Waals surface area (Å²) in [6.45, 7) is 2.10.